The lowest BCUT2D eigenvalue weighted by atomic mass is 10.1. The molecule has 6 nitrogen and oxygen atoms in total. The molecule has 0 spiro atoms. The van der Waals surface area contributed by atoms with Crippen molar-refractivity contribution in [2.45, 2.75) is 13.3 Å². The van der Waals surface area contributed by atoms with Crippen LogP contribution >= 0.6 is 0 Å². The maximum atomic E-state index is 12.5. The number of hydrogen-bond donors (Lipinski definition) is 2. The fourth-order valence-corrected chi connectivity index (χ4v) is 2.82. The average Bonchev–Trinajstić information content (AvgIpc) is 2.75. The number of carbonyl (C=O) groups is 2. The predicted octanol–water partition coefficient (Wildman–Crippen LogP) is 3.97. The van der Waals surface area contributed by atoms with Gasteiger partial charge in [-0.15, -0.1) is 0 Å². The van der Waals surface area contributed by atoms with E-state index in [0.29, 0.717) is 35.8 Å². The maximum Gasteiger partial charge on any atom is 0.340 e. The Morgan fingerprint density at radius 2 is 1.76 bits per heavy atom. The Morgan fingerprint density at radius 3 is 2.55 bits per heavy atom. The van der Waals surface area contributed by atoms with Crippen LogP contribution in [0.2, 0.25) is 0 Å². The van der Waals surface area contributed by atoms with Crippen molar-refractivity contribution in [2.24, 2.45) is 0 Å². The number of hydrogen-bond acceptors (Lipinski definition) is 5. The zero-order chi connectivity index (χ0) is 20.5. The first kappa shape index (κ1) is 20.1. The molecule has 2 aromatic carbocycles. The fraction of sp³-hybridized carbons (Fsp3) is 0.174. The third-order valence-corrected chi connectivity index (χ3v) is 4.25. The van der Waals surface area contributed by atoms with E-state index in [9.17, 15) is 9.59 Å². The monoisotopic (exact) mass is 389 g/mol. The van der Waals surface area contributed by atoms with Gasteiger partial charge < -0.3 is 15.4 Å². The van der Waals surface area contributed by atoms with Crippen molar-refractivity contribution in [3.8, 4) is 0 Å². The highest BCUT2D eigenvalue weighted by Crippen LogP contribution is 2.21. The van der Waals surface area contributed by atoms with E-state index in [-0.39, 0.29) is 5.91 Å². The highest BCUT2D eigenvalue weighted by molar-refractivity contribution is 5.97. The Morgan fingerprint density at radius 1 is 1.00 bits per heavy atom. The molecular formula is C23H23N3O3. The summed E-state index contributed by atoms with van der Waals surface area (Å²) in [5.74, 6) is -0.118. The minimum atomic E-state index is -0.412. The lowest BCUT2D eigenvalue weighted by Gasteiger charge is -2.11. The number of carbonyl (C=O) groups excluding carboxylic acids is 2. The van der Waals surface area contributed by atoms with Crippen molar-refractivity contribution >= 4 is 23.4 Å². The Kier molecular flexibility index (Phi) is 6.95. The number of pyridine rings is 1. The number of nitrogens with zero attached hydrogens (tertiary/aromatic N) is 1. The molecule has 0 bridgehead atoms. The number of benzene rings is 2. The van der Waals surface area contributed by atoms with Crippen LogP contribution in [0.1, 0.15) is 33.2 Å². The van der Waals surface area contributed by atoms with Gasteiger partial charge in [-0.1, -0.05) is 42.5 Å². The highest BCUT2D eigenvalue weighted by atomic mass is 16.5. The largest absolute Gasteiger partial charge is 0.462 e. The van der Waals surface area contributed by atoms with Crippen LogP contribution in [-0.2, 0) is 11.2 Å². The molecule has 0 radical (unpaired) electrons. The van der Waals surface area contributed by atoms with Gasteiger partial charge in [-0.2, -0.15) is 0 Å². The summed E-state index contributed by atoms with van der Waals surface area (Å²) in [6.45, 7) is 2.60. The first-order chi connectivity index (χ1) is 14.2. The Balaban J connectivity index is 1.65. The van der Waals surface area contributed by atoms with E-state index in [1.165, 1.54) is 5.56 Å². The molecular weight excluding hydrogens is 366 g/mol. The summed E-state index contributed by atoms with van der Waals surface area (Å²) in [5, 5.41) is 6.01. The Hall–Kier alpha value is -3.67. The van der Waals surface area contributed by atoms with E-state index in [1.54, 1.807) is 43.5 Å². The minimum absolute atomic E-state index is 0.176. The first-order valence-electron chi connectivity index (χ1n) is 9.48. The Labute approximate surface area is 169 Å². The molecule has 29 heavy (non-hydrogen) atoms. The van der Waals surface area contributed by atoms with Crippen molar-refractivity contribution in [3.63, 3.8) is 0 Å². The summed E-state index contributed by atoms with van der Waals surface area (Å²) >= 11 is 0. The van der Waals surface area contributed by atoms with Crippen LogP contribution in [0.3, 0.4) is 0 Å². The topological polar surface area (TPSA) is 80.3 Å². The maximum absolute atomic E-state index is 12.5. The molecule has 6 heteroatoms. The molecule has 1 amide bonds. The standard InChI is InChI=1S/C23H23N3O3/c1-2-29-23(28)19-10-6-7-11-20(19)26-21-16-18(13-15-24-21)22(27)25-14-12-17-8-4-3-5-9-17/h3-11,13,15-16H,2,12,14H2,1H3,(H,24,26)(H,25,27). The van der Waals surface area contributed by atoms with E-state index in [1.807, 2.05) is 36.4 Å². The molecule has 0 saturated carbocycles. The smallest absolute Gasteiger partial charge is 0.340 e. The summed E-state index contributed by atoms with van der Waals surface area (Å²) in [5.41, 5.74) is 2.64. The second-order valence-corrected chi connectivity index (χ2v) is 6.31. The zero-order valence-corrected chi connectivity index (χ0v) is 16.2. The van der Waals surface area contributed by atoms with E-state index in [0.717, 1.165) is 6.42 Å². The lowest BCUT2D eigenvalue weighted by Crippen LogP contribution is -2.25. The van der Waals surface area contributed by atoms with Gasteiger partial charge in [0.05, 0.1) is 17.9 Å². The van der Waals surface area contributed by atoms with Crippen molar-refractivity contribution < 1.29 is 14.3 Å². The molecule has 0 unspecified atom stereocenters. The third-order valence-electron chi connectivity index (χ3n) is 4.25. The third kappa shape index (κ3) is 5.65. The SMILES string of the molecule is CCOC(=O)c1ccccc1Nc1cc(C(=O)NCCc2ccccc2)ccn1. The molecule has 1 heterocycles. The van der Waals surface area contributed by atoms with Gasteiger partial charge in [0.25, 0.3) is 5.91 Å². The normalized spacial score (nSPS) is 10.2. The van der Waals surface area contributed by atoms with Crippen LogP contribution in [0, 0.1) is 0 Å². The second kappa shape index (κ2) is 10.0. The summed E-state index contributed by atoms with van der Waals surface area (Å²) in [6, 6.07) is 20.3. The predicted molar refractivity (Wildman–Crippen MR) is 112 cm³/mol. The van der Waals surface area contributed by atoms with Gasteiger partial charge in [-0.3, -0.25) is 4.79 Å². The molecule has 0 aliphatic rings. The van der Waals surface area contributed by atoms with Gasteiger partial charge in [-0.05, 0) is 43.2 Å². The van der Waals surface area contributed by atoms with Crippen molar-refractivity contribution in [1.82, 2.24) is 10.3 Å². The molecule has 1 aromatic heterocycles. The van der Waals surface area contributed by atoms with Gasteiger partial charge in [0, 0.05) is 18.3 Å². The molecule has 148 valence electrons. The number of esters is 1. The number of aromatic nitrogens is 1. The number of anilines is 2. The van der Waals surface area contributed by atoms with Crippen LogP contribution < -0.4 is 10.6 Å². The Bertz CT molecular complexity index is 974. The molecule has 3 rings (SSSR count). The summed E-state index contributed by atoms with van der Waals surface area (Å²) in [7, 11) is 0. The number of amides is 1. The summed E-state index contributed by atoms with van der Waals surface area (Å²) in [6.07, 6.45) is 2.32. The van der Waals surface area contributed by atoms with Gasteiger partial charge in [-0.25, -0.2) is 9.78 Å². The van der Waals surface area contributed by atoms with Gasteiger partial charge >= 0.3 is 5.97 Å². The number of rotatable bonds is 8. The number of nitrogens with one attached hydrogen (secondary N) is 2. The molecule has 0 atom stereocenters. The number of para-hydroxylation sites is 1. The van der Waals surface area contributed by atoms with Gasteiger partial charge in [0.2, 0.25) is 0 Å². The van der Waals surface area contributed by atoms with Crippen LogP contribution in [0.4, 0.5) is 11.5 Å². The fourth-order valence-electron chi connectivity index (χ4n) is 2.82. The quantitative estimate of drug-likeness (QED) is 0.570. The summed E-state index contributed by atoms with van der Waals surface area (Å²) < 4.78 is 5.09. The molecule has 0 aliphatic carbocycles. The van der Waals surface area contributed by atoms with E-state index >= 15 is 0 Å². The number of ether oxygens (including phenoxy) is 1. The molecule has 3 aromatic rings. The minimum Gasteiger partial charge on any atom is -0.462 e. The second-order valence-electron chi connectivity index (χ2n) is 6.31. The first-order valence-corrected chi connectivity index (χ1v) is 9.48. The highest BCUT2D eigenvalue weighted by Gasteiger charge is 2.13. The molecule has 0 saturated heterocycles. The molecule has 2 N–H and O–H groups in total. The van der Waals surface area contributed by atoms with Crippen LogP contribution in [-0.4, -0.2) is 30.0 Å². The van der Waals surface area contributed by atoms with Crippen molar-refractivity contribution in [2.75, 3.05) is 18.5 Å². The van der Waals surface area contributed by atoms with E-state index in [2.05, 4.69) is 15.6 Å². The van der Waals surface area contributed by atoms with Crippen LogP contribution in [0.15, 0.2) is 72.9 Å². The van der Waals surface area contributed by atoms with Crippen molar-refractivity contribution in [3.05, 3.63) is 89.6 Å². The van der Waals surface area contributed by atoms with Crippen molar-refractivity contribution in [1.29, 1.82) is 0 Å². The molecule has 0 fully saturated rings. The van der Waals surface area contributed by atoms with Gasteiger partial charge in [0.15, 0.2) is 0 Å². The summed E-state index contributed by atoms with van der Waals surface area (Å²) in [4.78, 5) is 28.8. The van der Waals surface area contributed by atoms with Crippen LogP contribution in [0.25, 0.3) is 0 Å². The van der Waals surface area contributed by atoms with E-state index in [4.69, 9.17) is 4.74 Å². The zero-order valence-electron chi connectivity index (χ0n) is 16.2. The lowest BCUT2D eigenvalue weighted by molar-refractivity contribution is 0.0527. The van der Waals surface area contributed by atoms with Gasteiger partial charge in [0.1, 0.15) is 5.82 Å². The van der Waals surface area contributed by atoms with Crippen LogP contribution in [0.5, 0.6) is 0 Å². The molecule has 0 aliphatic heterocycles. The van der Waals surface area contributed by atoms with E-state index < -0.39 is 5.97 Å². The average molecular weight is 389 g/mol.